The molecule has 1 heterocycles. The molecule has 2 amide bonds. The van der Waals surface area contributed by atoms with Crippen molar-refractivity contribution >= 4 is 28.5 Å². The molecular formula is C15H17ClN4O2. The number of nitrogens with zero attached hydrogens (tertiary/aromatic N) is 1. The molecule has 0 radical (unpaired) electrons. The number of urea groups is 1. The normalized spacial score (nSPS) is 32.8. The molecular weight excluding hydrogens is 304 g/mol. The third kappa shape index (κ3) is 1.98. The van der Waals surface area contributed by atoms with Crippen LogP contribution in [-0.4, -0.2) is 34.4 Å². The van der Waals surface area contributed by atoms with Crippen molar-refractivity contribution in [2.75, 3.05) is 7.05 Å². The standard InChI is InChI=1S/C15H17ClN4O2/c1-17-14(21)19-13-8-4-15(22,5-9(8)13)11-2-7(16)3-12-10(11)6-18-20-12/h2-3,6,8-9,13,22H,4-5H2,1H3,(H,18,20)(H2,17,19,21). The summed E-state index contributed by atoms with van der Waals surface area (Å²) in [7, 11) is 1.60. The summed E-state index contributed by atoms with van der Waals surface area (Å²) < 4.78 is 0. The summed E-state index contributed by atoms with van der Waals surface area (Å²) in [5, 5.41) is 25.0. The number of benzene rings is 1. The number of nitrogens with one attached hydrogen (secondary N) is 3. The predicted octanol–water partition coefficient (Wildman–Crippen LogP) is 1.74. The number of carbonyl (C=O) groups excluding carboxylic acids is 1. The van der Waals surface area contributed by atoms with Gasteiger partial charge in [0.2, 0.25) is 0 Å². The van der Waals surface area contributed by atoms with Crippen LogP contribution in [0.25, 0.3) is 10.9 Å². The number of hydrogen-bond donors (Lipinski definition) is 4. The van der Waals surface area contributed by atoms with Gasteiger partial charge in [-0.1, -0.05) is 11.6 Å². The molecule has 0 saturated heterocycles. The quantitative estimate of drug-likeness (QED) is 0.679. The minimum absolute atomic E-state index is 0.164. The number of fused-ring (bicyclic) bond motifs is 2. The van der Waals surface area contributed by atoms with Crippen LogP contribution in [0.15, 0.2) is 18.3 Å². The number of hydrogen-bond acceptors (Lipinski definition) is 3. The molecule has 22 heavy (non-hydrogen) atoms. The highest BCUT2D eigenvalue weighted by Gasteiger charge is 2.62. The van der Waals surface area contributed by atoms with Gasteiger partial charge in [-0.3, -0.25) is 5.10 Å². The minimum atomic E-state index is -0.900. The molecule has 2 saturated carbocycles. The molecule has 2 aliphatic rings. The lowest BCUT2D eigenvalue weighted by molar-refractivity contribution is 0.0299. The van der Waals surface area contributed by atoms with Crippen LogP contribution in [0.2, 0.25) is 5.02 Å². The summed E-state index contributed by atoms with van der Waals surface area (Å²) in [6.07, 6.45) is 2.99. The highest BCUT2D eigenvalue weighted by molar-refractivity contribution is 6.31. The van der Waals surface area contributed by atoms with Crippen LogP contribution in [0.1, 0.15) is 18.4 Å². The van der Waals surface area contributed by atoms with E-state index in [2.05, 4.69) is 20.8 Å². The molecule has 2 atom stereocenters. The SMILES string of the molecule is CNC(=O)NC1C2CC(O)(c3cc(Cl)cc4[nH]ncc34)CC21. The molecule has 1 aromatic carbocycles. The van der Waals surface area contributed by atoms with Crippen molar-refractivity contribution in [2.45, 2.75) is 24.5 Å². The van der Waals surface area contributed by atoms with Crippen LogP contribution in [0.5, 0.6) is 0 Å². The van der Waals surface area contributed by atoms with E-state index in [9.17, 15) is 9.90 Å². The van der Waals surface area contributed by atoms with Gasteiger partial charge in [0.1, 0.15) is 0 Å². The Morgan fingerprint density at radius 2 is 2.18 bits per heavy atom. The molecule has 2 fully saturated rings. The Morgan fingerprint density at radius 3 is 2.86 bits per heavy atom. The van der Waals surface area contributed by atoms with E-state index >= 15 is 0 Å². The summed E-state index contributed by atoms with van der Waals surface area (Å²) in [6.45, 7) is 0. The predicted molar refractivity (Wildman–Crippen MR) is 82.6 cm³/mol. The molecule has 2 aromatic rings. The monoisotopic (exact) mass is 320 g/mol. The average molecular weight is 321 g/mol. The number of amides is 2. The van der Waals surface area contributed by atoms with Gasteiger partial charge in [-0.2, -0.15) is 5.10 Å². The van der Waals surface area contributed by atoms with E-state index in [1.165, 1.54) is 0 Å². The second-order valence-corrected chi connectivity index (χ2v) is 6.74. The van der Waals surface area contributed by atoms with Gasteiger partial charge < -0.3 is 15.7 Å². The lowest BCUT2D eigenvalue weighted by atomic mass is 9.86. The van der Waals surface area contributed by atoms with E-state index in [4.69, 9.17) is 11.6 Å². The van der Waals surface area contributed by atoms with Crippen molar-refractivity contribution in [3.05, 3.63) is 28.9 Å². The summed E-state index contributed by atoms with van der Waals surface area (Å²) >= 11 is 6.16. The fourth-order valence-corrected chi connectivity index (χ4v) is 4.14. The second kappa shape index (κ2) is 4.60. The fourth-order valence-electron chi connectivity index (χ4n) is 3.92. The van der Waals surface area contributed by atoms with Gasteiger partial charge in [-0.05, 0) is 42.4 Å². The van der Waals surface area contributed by atoms with E-state index in [0.29, 0.717) is 29.7 Å². The summed E-state index contributed by atoms with van der Waals surface area (Å²) in [4.78, 5) is 11.4. The first-order valence-corrected chi connectivity index (χ1v) is 7.73. The summed E-state index contributed by atoms with van der Waals surface area (Å²) in [5.41, 5.74) is 0.759. The molecule has 116 valence electrons. The zero-order chi connectivity index (χ0) is 15.5. The topological polar surface area (TPSA) is 90.0 Å². The van der Waals surface area contributed by atoms with Crippen molar-refractivity contribution in [2.24, 2.45) is 11.8 Å². The van der Waals surface area contributed by atoms with E-state index in [1.54, 1.807) is 13.2 Å². The summed E-state index contributed by atoms with van der Waals surface area (Å²) in [5.74, 6) is 0.645. The van der Waals surface area contributed by atoms with E-state index in [0.717, 1.165) is 16.5 Å². The molecule has 2 unspecified atom stereocenters. The third-order valence-corrected chi connectivity index (χ3v) is 5.25. The first kappa shape index (κ1) is 13.8. The molecule has 0 bridgehead atoms. The zero-order valence-electron chi connectivity index (χ0n) is 12.1. The third-order valence-electron chi connectivity index (χ3n) is 5.03. The van der Waals surface area contributed by atoms with Crippen LogP contribution in [0, 0.1) is 11.8 Å². The number of H-pyrrole nitrogens is 1. The molecule has 2 aliphatic carbocycles. The highest BCUT2D eigenvalue weighted by atomic mass is 35.5. The molecule has 4 rings (SSSR count). The Labute approximate surface area is 132 Å². The zero-order valence-corrected chi connectivity index (χ0v) is 12.8. The van der Waals surface area contributed by atoms with Gasteiger partial charge in [0.15, 0.2) is 0 Å². The summed E-state index contributed by atoms with van der Waals surface area (Å²) in [6, 6.07) is 3.63. The number of aliphatic hydroxyl groups is 1. The van der Waals surface area contributed by atoms with Crippen molar-refractivity contribution in [3.63, 3.8) is 0 Å². The molecule has 0 aliphatic heterocycles. The second-order valence-electron chi connectivity index (χ2n) is 6.30. The molecule has 1 aromatic heterocycles. The average Bonchev–Trinajstić information content (AvgIpc) is 2.86. The first-order valence-electron chi connectivity index (χ1n) is 7.35. The first-order chi connectivity index (χ1) is 10.5. The number of halogens is 1. The maximum atomic E-state index is 11.4. The van der Waals surface area contributed by atoms with Crippen LogP contribution in [0.4, 0.5) is 4.79 Å². The van der Waals surface area contributed by atoms with Crippen molar-refractivity contribution < 1.29 is 9.90 Å². The molecule has 6 nitrogen and oxygen atoms in total. The smallest absolute Gasteiger partial charge is 0.314 e. The maximum Gasteiger partial charge on any atom is 0.314 e. The van der Waals surface area contributed by atoms with Crippen LogP contribution in [-0.2, 0) is 5.60 Å². The van der Waals surface area contributed by atoms with Gasteiger partial charge in [0, 0.05) is 23.5 Å². The van der Waals surface area contributed by atoms with Crippen molar-refractivity contribution in [1.29, 1.82) is 0 Å². The Bertz CT molecular complexity index is 747. The van der Waals surface area contributed by atoms with Gasteiger partial charge in [-0.25, -0.2) is 4.79 Å². The highest BCUT2D eigenvalue weighted by Crippen LogP contribution is 2.60. The van der Waals surface area contributed by atoms with Crippen molar-refractivity contribution in [1.82, 2.24) is 20.8 Å². The van der Waals surface area contributed by atoms with Gasteiger partial charge in [0.25, 0.3) is 0 Å². The number of rotatable bonds is 2. The maximum absolute atomic E-state index is 11.4. The lowest BCUT2D eigenvalue weighted by Gasteiger charge is -2.27. The fraction of sp³-hybridized carbons (Fsp3) is 0.467. The van der Waals surface area contributed by atoms with Gasteiger partial charge in [-0.15, -0.1) is 0 Å². The minimum Gasteiger partial charge on any atom is -0.385 e. The lowest BCUT2D eigenvalue weighted by Crippen LogP contribution is -2.38. The Morgan fingerprint density at radius 1 is 1.45 bits per heavy atom. The van der Waals surface area contributed by atoms with Crippen LogP contribution >= 0.6 is 11.6 Å². The van der Waals surface area contributed by atoms with E-state index in [1.807, 2.05) is 12.1 Å². The Hall–Kier alpha value is -1.79. The Balaban J connectivity index is 1.60. The number of aromatic nitrogens is 2. The largest absolute Gasteiger partial charge is 0.385 e. The number of aromatic amines is 1. The van der Waals surface area contributed by atoms with Crippen LogP contribution in [0.3, 0.4) is 0 Å². The molecule has 0 spiro atoms. The molecule has 4 N–H and O–H groups in total. The Kier molecular flexibility index (Phi) is 2.90. The van der Waals surface area contributed by atoms with Gasteiger partial charge >= 0.3 is 6.03 Å². The van der Waals surface area contributed by atoms with Crippen LogP contribution < -0.4 is 10.6 Å². The van der Waals surface area contributed by atoms with E-state index in [-0.39, 0.29) is 12.1 Å². The van der Waals surface area contributed by atoms with Crippen molar-refractivity contribution in [3.8, 4) is 0 Å². The van der Waals surface area contributed by atoms with Gasteiger partial charge in [0.05, 0.1) is 17.3 Å². The molecule has 7 heteroatoms. The van der Waals surface area contributed by atoms with E-state index < -0.39 is 5.60 Å². The number of carbonyl (C=O) groups is 1.